The second kappa shape index (κ2) is 7.26. The van der Waals surface area contributed by atoms with Crippen LogP contribution in [0.5, 0.6) is 0 Å². The number of primary amides is 1. The van der Waals surface area contributed by atoms with Gasteiger partial charge in [0.15, 0.2) is 4.34 Å². The number of aromatic nitrogens is 1. The fraction of sp³-hybridized carbons (Fsp3) is 0.200. The highest BCUT2D eigenvalue weighted by Gasteiger charge is 2.09. The van der Waals surface area contributed by atoms with Crippen LogP contribution in [0, 0.1) is 6.92 Å². The molecule has 0 fully saturated rings. The molecule has 0 spiro atoms. The van der Waals surface area contributed by atoms with Gasteiger partial charge in [-0.3, -0.25) is 4.79 Å². The lowest BCUT2D eigenvalue weighted by Gasteiger charge is -1.92. The maximum atomic E-state index is 10.9. The quantitative estimate of drug-likeness (QED) is 0.833. The highest BCUT2D eigenvalue weighted by atomic mass is 32.2. The predicted molar refractivity (Wildman–Crippen MR) is 85.9 cm³/mol. The number of hydrogen-bond acceptors (Lipinski definition) is 4. The third-order valence-corrected chi connectivity index (χ3v) is 4.87. The van der Waals surface area contributed by atoms with Crippen LogP contribution >= 0.6 is 23.1 Å². The Labute approximate surface area is 126 Å². The number of hydrogen-bond donors (Lipinski definition) is 1. The third kappa shape index (κ3) is 4.51. The Morgan fingerprint density at radius 3 is 2.85 bits per heavy atom. The Morgan fingerprint density at radius 2 is 2.15 bits per heavy atom. The lowest BCUT2D eigenvalue weighted by Crippen LogP contribution is -2.13. The van der Waals surface area contributed by atoms with E-state index in [4.69, 9.17) is 5.73 Å². The van der Waals surface area contributed by atoms with Gasteiger partial charge in [-0.2, -0.15) is 0 Å². The summed E-state index contributed by atoms with van der Waals surface area (Å²) in [5.41, 5.74) is 7.31. The first-order valence-electron chi connectivity index (χ1n) is 6.24. The summed E-state index contributed by atoms with van der Waals surface area (Å²) in [7, 11) is 0. The summed E-state index contributed by atoms with van der Waals surface area (Å²) in [5.74, 6) is 0.551. The smallest absolute Gasteiger partial charge is 0.222 e. The highest BCUT2D eigenvalue weighted by molar-refractivity contribution is 8.01. The van der Waals surface area contributed by atoms with Gasteiger partial charge in [-0.05, 0) is 12.5 Å². The molecule has 20 heavy (non-hydrogen) atoms. The van der Waals surface area contributed by atoms with Crippen LogP contribution < -0.4 is 5.73 Å². The number of carbonyl (C=O) groups excluding carboxylic acids is 1. The molecular weight excluding hydrogens is 288 g/mol. The third-order valence-electron chi connectivity index (χ3n) is 2.62. The van der Waals surface area contributed by atoms with Gasteiger partial charge in [-0.25, -0.2) is 4.98 Å². The van der Waals surface area contributed by atoms with Crippen LogP contribution in [0.4, 0.5) is 0 Å². The number of amides is 1. The highest BCUT2D eigenvalue weighted by Crippen LogP contribution is 2.27. The van der Waals surface area contributed by atoms with Crippen LogP contribution in [-0.2, 0) is 11.2 Å². The molecule has 0 atom stereocenters. The lowest BCUT2D eigenvalue weighted by atomic mass is 10.2. The summed E-state index contributed by atoms with van der Waals surface area (Å²) < 4.78 is 0.983. The number of carbonyl (C=O) groups is 1. The Balaban J connectivity index is 1.88. The van der Waals surface area contributed by atoms with Crippen molar-refractivity contribution in [1.82, 2.24) is 4.98 Å². The molecule has 1 aromatic carbocycles. The van der Waals surface area contributed by atoms with Crippen LogP contribution in [-0.4, -0.2) is 16.6 Å². The molecule has 0 unspecified atom stereocenters. The molecule has 3 nitrogen and oxygen atoms in total. The molecule has 0 aliphatic carbocycles. The largest absolute Gasteiger partial charge is 0.369 e. The number of nitrogens with two attached hydrogens (primary N) is 1. The van der Waals surface area contributed by atoms with Crippen molar-refractivity contribution in [1.29, 1.82) is 0 Å². The molecule has 0 bridgehead atoms. The summed E-state index contributed by atoms with van der Waals surface area (Å²) in [6, 6.07) is 10.2. The van der Waals surface area contributed by atoms with Gasteiger partial charge < -0.3 is 5.73 Å². The molecule has 1 aromatic heterocycles. The minimum absolute atomic E-state index is 0.282. The molecule has 5 heteroatoms. The molecule has 0 aliphatic heterocycles. The fourth-order valence-corrected chi connectivity index (χ4v) is 3.73. The maximum absolute atomic E-state index is 10.9. The minimum Gasteiger partial charge on any atom is -0.369 e. The molecule has 1 amide bonds. The van der Waals surface area contributed by atoms with Gasteiger partial charge in [-0.15, -0.1) is 11.3 Å². The molecular formula is C15H16N2OS2. The standard InChI is InChI=1S/C15H16N2OS2/c1-11-13(10-14(16)18)20-15(17-11)19-9-5-8-12-6-3-2-4-7-12/h2-8H,9-10H2,1H3,(H2,16,18)/b8-5+. The van der Waals surface area contributed by atoms with E-state index in [1.54, 1.807) is 23.1 Å². The van der Waals surface area contributed by atoms with Crippen molar-refractivity contribution in [2.75, 3.05) is 5.75 Å². The molecule has 2 aromatic rings. The predicted octanol–water partition coefficient (Wildman–Crippen LogP) is 3.28. The van der Waals surface area contributed by atoms with E-state index in [2.05, 4.69) is 29.3 Å². The number of rotatable bonds is 6. The zero-order chi connectivity index (χ0) is 14.4. The van der Waals surface area contributed by atoms with Crippen molar-refractivity contribution in [2.45, 2.75) is 17.7 Å². The first-order valence-corrected chi connectivity index (χ1v) is 8.04. The van der Waals surface area contributed by atoms with E-state index in [1.165, 1.54) is 5.56 Å². The summed E-state index contributed by atoms with van der Waals surface area (Å²) in [5, 5.41) is 0. The van der Waals surface area contributed by atoms with E-state index in [0.29, 0.717) is 0 Å². The number of aryl methyl sites for hydroxylation is 1. The van der Waals surface area contributed by atoms with Crippen molar-refractivity contribution in [3.05, 3.63) is 52.5 Å². The molecule has 0 radical (unpaired) electrons. The van der Waals surface area contributed by atoms with Gasteiger partial charge in [0.05, 0.1) is 12.1 Å². The van der Waals surface area contributed by atoms with Gasteiger partial charge in [-0.1, -0.05) is 54.2 Å². The summed E-state index contributed by atoms with van der Waals surface area (Å²) in [4.78, 5) is 16.3. The zero-order valence-corrected chi connectivity index (χ0v) is 12.8. The zero-order valence-electron chi connectivity index (χ0n) is 11.2. The Morgan fingerprint density at radius 1 is 1.40 bits per heavy atom. The topological polar surface area (TPSA) is 56.0 Å². The average Bonchev–Trinajstić information content (AvgIpc) is 2.76. The SMILES string of the molecule is Cc1nc(SC/C=C/c2ccccc2)sc1CC(N)=O. The van der Waals surface area contributed by atoms with Crippen LogP contribution in [0.1, 0.15) is 16.1 Å². The van der Waals surface area contributed by atoms with Crippen LogP contribution in [0.2, 0.25) is 0 Å². The van der Waals surface area contributed by atoms with Crippen molar-refractivity contribution < 1.29 is 4.79 Å². The molecule has 104 valence electrons. The van der Waals surface area contributed by atoms with Gasteiger partial charge in [0.25, 0.3) is 0 Å². The Hall–Kier alpha value is -1.59. The van der Waals surface area contributed by atoms with E-state index >= 15 is 0 Å². The molecule has 0 saturated carbocycles. The number of benzene rings is 1. The minimum atomic E-state index is -0.308. The number of thiazole rings is 1. The van der Waals surface area contributed by atoms with Crippen molar-refractivity contribution in [2.24, 2.45) is 5.73 Å². The first-order chi connectivity index (χ1) is 9.65. The summed E-state index contributed by atoms with van der Waals surface area (Å²) in [6.45, 7) is 1.92. The van der Waals surface area contributed by atoms with Gasteiger partial charge in [0.1, 0.15) is 0 Å². The number of thioether (sulfide) groups is 1. The van der Waals surface area contributed by atoms with E-state index in [1.807, 2.05) is 25.1 Å². The van der Waals surface area contributed by atoms with E-state index in [9.17, 15) is 4.79 Å². The van der Waals surface area contributed by atoms with Gasteiger partial charge >= 0.3 is 0 Å². The molecule has 0 saturated heterocycles. The van der Waals surface area contributed by atoms with Crippen molar-refractivity contribution in [3.63, 3.8) is 0 Å². The van der Waals surface area contributed by atoms with Gasteiger partial charge in [0, 0.05) is 10.6 Å². The lowest BCUT2D eigenvalue weighted by molar-refractivity contribution is -0.117. The summed E-state index contributed by atoms with van der Waals surface area (Å²) in [6.07, 6.45) is 4.49. The molecule has 0 aliphatic rings. The molecule has 2 rings (SSSR count). The van der Waals surface area contributed by atoms with Gasteiger partial charge in [0.2, 0.25) is 5.91 Å². The second-order valence-corrected chi connectivity index (χ2v) is 6.61. The maximum Gasteiger partial charge on any atom is 0.222 e. The van der Waals surface area contributed by atoms with Crippen molar-refractivity contribution >= 4 is 35.1 Å². The van der Waals surface area contributed by atoms with E-state index in [-0.39, 0.29) is 12.3 Å². The molecule has 2 N–H and O–H groups in total. The van der Waals surface area contributed by atoms with Crippen molar-refractivity contribution in [3.8, 4) is 0 Å². The van der Waals surface area contributed by atoms with Crippen LogP contribution in [0.3, 0.4) is 0 Å². The monoisotopic (exact) mass is 304 g/mol. The van der Waals surface area contributed by atoms with Crippen LogP contribution in [0.15, 0.2) is 40.7 Å². The first kappa shape index (κ1) is 14.8. The van der Waals surface area contributed by atoms with E-state index in [0.717, 1.165) is 20.7 Å². The molecule has 1 heterocycles. The normalized spacial score (nSPS) is 11.1. The summed E-state index contributed by atoms with van der Waals surface area (Å²) >= 11 is 3.22. The van der Waals surface area contributed by atoms with Crippen LogP contribution in [0.25, 0.3) is 6.08 Å². The Kier molecular flexibility index (Phi) is 5.38. The van der Waals surface area contributed by atoms with E-state index < -0.39 is 0 Å². The fourth-order valence-electron chi connectivity index (χ4n) is 1.65. The Bertz CT molecular complexity index is 606. The number of nitrogens with zero attached hydrogens (tertiary/aromatic N) is 1. The average molecular weight is 304 g/mol. The second-order valence-electron chi connectivity index (χ2n) is 4.26.